The molecule has 1 fully saturated rings. The second-order valence-corrected chi connectivity index (χ2v) is 6.18. The maximum atomic E-state index is 3.67. The molecule has 0 bridgehead atoms. The monoisotopic (exact) mass is 252 g/mol. The van der Waals surface area contributed by atoms with Crippen molar-refractivity contribution in [3.8, 4) is 0 Å². The molecule has 0 saturated carbocycles. The lowest BCUT2D eigenvalue weighted by molar-refractivity contribution is 0.108. The van der Waals surface area contributed by atoms with Crippen LogP contribution in [0.3, 0.4) is 0 Å². The van der Waals surface area contributed by atoms with Crippen molar-refractivity contribution in [2.45, 2.75) is 45.2 Å². The highest BCUT2D eigenvalue weighted by Gasteiger charge is 2.37. The Morgan fingerprint density at radius 2 is 2.12 bits per heavy atom. The van der Waals surface area contributed by atoms with Crippen LogP contribution in [0.15, 0.2) is 16.8 Å². The highest BCUT2D eigenvalue weighted by molar-refractivity contribution is 7.07. The van der Waals surface area contributed by atoms with Gasteiger partial charge in [-0.05, 0) is 68.7 Å². The van der Waals surface area contributed by atoms with Crippen LogP contribution in [0, 0.1) is 0 Å². The summed E-state index contributed by atoms with van der Waals surface area (Å²) in [5.74, 6) is 0. The Balaban J connectivity index is 2.19. The van der Waals surface area contributed by atoms with Crippen LogP contribution in [-0.2, 0) is 0 Å². The Morgan fingerprint density at radius 1 is 1.41 bits per heavy atom. The van der Waals surface area contributed by atoms with Crippen LogP contribution in [0.2, 0.25) is 0 Å². The van der Waals surface area contributed by atoms with Crippen molar-refractivity contribution in [1.29, 1.82) is 0 Å². The largest absolute Gasteiger partial charge is 0.309 e. The molecule has 0 spiro atoms. The van der Waals surface area contributed by atoms with Gasteiger partial charge in [0.2, 0.25) is 0 Å². The minimum atomic E-state index is 0.202. The smallest absolute Gasteiger partial charge is 0.0509 e. The molecule has 3 heteroatoms. The predicted octanol–water partition coefficient (Wildman–Crippen LogP) is 3.27. The average Bonchev–Trinajstić information content (AvgIpc) is 2.97. The molecular weight excluding hydrogens is 228 g/mol. The van der Waals surface area contributed by atoms with Crippen LogP contribution < -0.4 is 5.32 Å². The highest BCUT2D eigenvalue weighted by atomic mass is 32.1. The molecule has 1 aliphatic heterocycles. The minimum Gasteiger partial charge on any atom is -0.309 e. The van der Waals surface area contributed by atoms with Crippen molar-refractivity contribution in [3.63, 3.8) is 0 Å². The van der Waals surface area contributed by atoms with E-state index in [-0.39, 0.29) is 5.54 Å². The van der Waals surface area contributed by atoms with Crippen LogP contribution >= 0.6 is 11.3 Å². The van der Waals surface area contributed by atoms with Crippen molar-refractivity contribution in [2.24, 2.45) is 0 Å². The quantitative estimate of drug-likeness (QED) is 0.865. The molecule has 1 aliphatic rings. The zero-order valence-corrected chi connectivity index (χ0v) is 12.0. The summed E-state index contributed by atoms with van der Waals surface area (Å²) in [7, 11) is 0. The van der Waals surface area contributed by atoms with E-state index in [9.17, 15) is 0 Å². The molecule has 2 nitrogen and oxygen atoms in total. The lowest BCUT2D eigenvalue weighted by Crippen LogP contribution is -2.51. The standard InChI is InChI=1S/C14H24N2S/c1-4-15-13(12-7-10-17-11-12)14(2,3)16-8-5-6-9-16/h7,10-11,13,15H,4-6,8-9H2,1-3H3. The summed E-state index contributed by atoms with van der Waals surface area (Å²) in [6.07, 6.45) is 2.71. The third kappa shape index (κ3) is 2.72. The Morgan fingerprint density at radius 3 is 2.65 bits per heavy atom. The van der Waals surface area contributed by atoms with Gasteiger partial charge >= 0.3 is 0 Å². The number of nitrogens with one attached hydrogen (secondary N) is 1. The van der Waals surface area contributed by atoms with Gasteiger partial charge in [-0.1, -0.05) is 6.92 Å². The van der Waals surface area contributed by atoms with Crippen molar-refractivity contribution in [2.75, 3.05) is 19.6 Å². The molecule has 1 aromatic heterocycles. The number of likely N-dealkylation sites (tertiary alicyclic amines) is 1. The molecule has 1 atom stereocenters. The molecule has 0 aromatic carbocycles. The van der Waals surface area contributed by atoms with Gasteiger partial charge in [0.15, 0.2) is 0 Å². The highest BCUT2D eigenvalue weighted by Crippen LogP contribution is 2.34. The zero-order chi connectivity index (χ0) is 12.3. The van der Waals surface area contributed by atoms with Gasteiger partial charge in [-0.25, -0.2) is 0 Å². The van der Waals surface area contributed by atoms with Crippen LogP contribution in [0.25, 0.3) is 0 Å². The third-order valence-electron chi connectivity index (χ3n) is 3.91. The fraction of sp³-hybridized carbons (Fsp3) is 0.714. The Hall–Kier alpha value is -0.380. The van der Waals surface area contributed by atoms with Gasteiger partial charge in [0.25, 0.3) is 0 Å². The van der Waals surface area contributed by atoms with Gasteiger partial charge in [0.1, 0.15) is 0 Å². The number of hydrogen-bond acceptors (Lipinski definition) is 3. The van der Waals surface area contributed by atoms with Crippen LogP contribution in [-0.4, -0.2) is 30.1 Å². The summed E-state index contributed by atoms with van der Waals surface area (Å²) in [5.41, 5.74) is 1.64. The van der Waals surface area contributed by atoms with Crippen molar-refractivity contribution in [1.82, 2.24) is 10.2 Å². The fourth-order valence-corrected chi connectivity index (χ4v) is 3.58. The topological polar surface area (TPSA) is 15.3 Å². The predicted molar refractivity (Wildman–Crippen MR) is 75.6 cm³/mol. The van der Waals surface area contributed by atoms with E-state index in [0.29, 0.717) is 6.04 Å². The van der Waals surface area contributed by atoms with Gasteiger partial charge in [-0.3, -0.25) is 4.90 Å². The molecule has 1 aromatic rings. The zero-order valence-electron chi connectivity index (χ0n) is 11.2. The summed E-state index contributed by atoms with van der Waals surface area (Å²) in [4.78, 5) is 2.64. The second kappa shape index (κ2) is 5.51. The number of rotatable bonds is 5. The lowest BCUT2D eigenvalue weighted by atomic mass is 9.88. The van der Waals surface area contributed by atoms with Crippen LogP contribution in [0.1, 0.15) is 45.2 Å². The maximum absolute atomic E-state index is 3.67. The fourth-order valence-electron chi connectivity index (χ4n) is 2.89. The first-order valence-corrected chi connectivity index (χ1v) is 7.61. The van der Waals surface area contributed by atoms with E-state index in [1.54, 1.807) is 11.3 Å². The summed E-state index contributed by atoms with van der Waals surface area (Å²) in [6.45, 7) is 10.5. The first-order chi connectivity index (χ1) is 8.16. The molecule has 17 heavy (non-hydrogen) atoms. The summed E-state index contributed by atoms with van der Waals surface area (Å²) in [5, 5.41) is 8.13. The molecule has 0 amide bonds. The summed E-state index contributed by atoms with van der Waals surface area (Å²) >= 11 is 1.79. The van der Waals surface area contributed by atoms with Crippen molar-refractivity contribution >= 4 is 11.3 Å². The molecule has 2 heterocycles. The number of thiophene rings is 1. The first-order valence-electron chi connectivity index (χ1n) is 6.66. The molecule has 1 saturated heterocycles. The van der Waals surface area contributed by atoms with Crippen molar-refractivity contribution < 1.29 is 0 Å². The molecule has 1 unspecified atom stereocenters. The normalized spacial score (nSPS) is 19.7. The molecule has 1 N–H and O–H groups in total. The van der Waals surface area contributed by atoms with E-state index in [4.69, 9.17) is 0 Å². The average molecular weight is 252 g/mol. The van der Waals surface area contributed by atoms with Gasteiger partial charge < -0.3 is 5.32 Å². The molecule has 0 radical (unpaired) electrons. The van der Waals surface area contributed by atoms with Gasteiger partial charge in [0.05, 0.1) is 6.04 Å². The Bertz CT molecular complexity index is 326. The second-order valence-electron chi connectivity index (χ2n) is 5.40. The van der Waals surface area contributed by atoms with Crippen molar-refractivity contribution in [3.05, 3.63) is 22.4 Å². The first kappa shape index (κ1) is 13.1. The van der Waals surface area contributed by atoms with Crippen LogP contribution in [0.4, 0.5) is 0 Å². The lowest BCUT2D eigenvalue weighted by Gasteiger charge is -2.42. The third-order valence-corrected chi connectivity index (χ3v) is 4.61. The number of nitrogens with zero attached hydrogens (tertiary/aromatic N) is 1. The van der Waals surface area contributed by atoms with E-state index in [0.717, 1.165) is 6.54 Å². The Kier molecular flexibility index (Phi) is 4.23. The van der Waals surface area contributed by atoms with E-state index in [1.807, 2.05) is 0 Å². The molecule has 0 aliphatic carbocycles. The summed E-state index contributed by atoms with van der Waals surface area (Å²) < 4.78 is 0. The van der Waals surface area contributed by atoms with E-state index in [2.05, 4.69) is 47.8 Å². The van der Waals surface area contributed by atoms with Gasteiger partial charge in [-0.2, -0.15) is 11.3 Å². The van der Waals surface area contributed by atoms with E-state index >= 15 is 0 Å². The van der Waals surface area contributed by atoms with E-state index in [1.165, 1.54) is 31.5 Å². The SMILES string of the molecule is CCNC(c1ccsc1)C(C)(C)N1CCCC1. The molecular formula is C14H24N2S. The van der Waals surface area contributed by atoms with E-state index < -0.39 is 0 Å². The molecule has 96 valence electrons. The van der Waals surface area contributed by atoms with Crippen LogP contribution in [0.5, 0.6) is 0 Å². The van der Waals surface area contributed by atoms with Gasteiger partial charge in [0, 0.05) is 5.54 Å². The molecule has 2 rings (SSSR count). The summed E-state index contributed by atoms with van der Waals surface area (Å²) in [6, 6.07) is 2.70. The minimum absolute atomic E-state index is 0.202. The Labute approximate surface area is 109 Å². The van der Waals surface area contributed by atoms with Gasteiger partial charge in [-0.15, -0.1) is 0 Å². The number of likely N-dealkylation sites (N-methyl/N-ethyl adjacent to an activating group) is 1. The number of hydrogen-bond donors (Lipinski definition) is 1. The maximum Gasteiger partial charge on any atom is 0.0509 e.